The summed E-state index contributed by atoms with van der Waals surface area (Å²) in [6.45, 7) is 1.95. The van der Waals surface area contributed by atoms with Gasteiger partial charge in [-0.1, -0.05) is 0 Å². The quantitative estimate of drug-likeness (QED) is 0.543. The molecule has 2 amide bonds. The van der Waals surface area contributed by atoms with Gasteiger partial charge in [-0.3, -0.25) is 0 Å². The molecule has 3 rings (SSSR count). The fraction of sp³-hybridized carbons (Fsp3) is 0.176. The Morgan fingerprint density at radius 2 is 2.21 bits per heavy atom. The number of benzene rings is 1. The van der Waals surface area contributed by atoms with Crippen LogP contribution in [-0.2, 0) is 4.79 Å². The van der Waals surface area contributed by atoms with Crippen molar-refractivity contribution < 1.29 is 19.1 Å². The van der Waals surface area contributed by atoms with Crippen LogP contribution in [-0.4, -0.2) is 44.6 Å². The molecule has 24 heavy (non-hydrogen) atoms. The first kappa shape index (κ1) is 16.6. The second-order valence-corrected chi connectivity index (χ2v) is 8.00. The molecule has 0 saturated carbocycles. The number of rotatable bonds is 4. The van der Waals surface area contributed by atoms with Gasteiger partial charge in [0.25, 0.3) is 0 Å². The number of anilines is 1. The van der Waals surface area contributed by atoms with Crippen LogP contribution in [0.4, 0.5) is 10.1 Å². The summed E-state index contributed by atoms with van der Waals surface area (Å²) in [7, 11) is 0. The maximum atomic E-state index is 13.5. The fourth-order valence-electron chi connectivity index (χ4n) is 2.51. The maximum absolute atomic E-state index is 13.5. The van der Waals surface area contributed by atoms with Crippen molar-refractivity contribution in [2.75, 3.05) is 18.5 Å². The van der Waals surface area contributed by atoms with Crippen molar-refractivity contribution in [2.45, 2.75) is 6.92 Å². The summed E-state index contributed by atoms with van der Waals surface area (Å²) in [5, 5.41) is 14.1. The molecule has 0 atom stereocenters. The van der Waals surface area contributed by atoms with Gasteiger partial charge in [0.05, 0.1) is 0 Å². The first-order valence-electron chi connectivity index (χ1n) is 7.32. The third-order valence-electron chi connectivity index (χ3n) is 3.63. The molecular formula is C17H15FN2O3Se. The van der Waals surface area contributed by atoms with Gasteiger partial charge in [0.15, 0.2) is 0 Å². The van der Waals surface area contributed by atoms with Crippen molar-refractivity contribution in [2.24, 2.45) is 0 Å². The van der Waals surface area contributed by atoms with Crippen LogP contribution in [0, 0.1) is 12.7 Å². The molecule has 0 radical (unpaired) electrons. The summed E-state index contributed by atoms with van der Waals surface area (Å²) in [6.07, 6.45) is 1.72. The Labute approximate surface area is 143 Å². The monoisotopic (exact) mass is 394 g/mol. The van der Waals surface area contributed by atoms with Gasteiger partial charge in [-0.15, -0.1) is 0 Å². The molecule has 0 saturated heterocycles. The molecule has 1 aromatic carbocycles. The van der Waals surface area contributed by atoms with Crippen molar-refractivity contribution in [1.29, 1.82) is 0 Å². The van der Waals surface area contributed by atoms with E-state index in [0.29, 0.717) is 22.4 Å². The van der Waals surface area contributed by atoms with Crippen molar-refractivity contribution >= 4 is 43.7 Å². The molecule has 124 valence electrons. The average molecular weight is 393 g/mol. The van der Waals surface area contributed by atoms with Gasteiger partial charge in [0.1, 0.15) is 0 Å². The molecule has 0 unspecified atom stereocenters. The van der Waals surface area contributed by atoms with E-state index in [9.17, 15) is 14.0 Å². The van der Waals surface area contributed by atoms with E-state index in [1.807, 2.05) is 6.92 Å². The Kier molecular flexibility index (Phi) is 4.66. The number of fused-ring (bicyclic) bond motifs is 1. The van der Waals surface area contributed by atoms with Crippen molar-refractivity contribution in [3.05, 3.63) is 50.1 Å². The summed E-state index contributed by atoms with van der Waals surface area (Å²) in [5.41, 5.74) is 2.09. The molecule has 1 aliphatic heterocycles. The topological polar surface area (TPSA) is 78.4 Å². The average Bonchev–Trinajstić information content (AvgIpc) is 3.06. The van der Waals surface area contributed by atoms with Gasteiger partial charge in [0.2, 0.25) is 0 Å². The second-order valence-electron chi connectivity index (χ2n) is 5.30. The van der Waals surface area contributed by atoms with E-state index in [1.165, 1.54) is 18.2 Å². The molecular weight excluding hydrogens is 378 g/mol. The predicted molar refractivity (Wildman–Crippen MR) is 90.4 cm³/mol. The normalized spacial score (nSPS) is 14.6. The first-order chi connectivity index (χ1) is 11.5. The molecule has 0 aliphatic carbocycles. The zero-order valence-electron chi connectivity index (χ0n) is 12.9. The SMILES string of the molecule is Cc1[se]c(C=C2C(=O)Nc3ccc(F)cc32)cc1C(=O)NCCO. The minimum atomic E-state index is -0.402. The van der Waals surface area contributed by atoms with E-state index in [-0.39, 0.29) is 39.5 Å². The summed E-state index contributed by atoms with van der Waals surface area (Å²) < 4.78 is 15.3. The summed E-state index contributed by atoms with van der Waals surface area (Å²) in [5.74, 6) is -0.914. The van der Waals surface area contributed by atoms with Crippen molar-refractivity contribution in [1.82, 2.24) is 5.32 Å². The number of amides is 2. The third-order valence-corrected chi connectivity index (χ3v) is 5.72. The Balaban J connectivity index is 1.94. The summed E-state index contributed by atoms with van der Waals surface area (Å²) in [6, 6.07) is 5.92. The molecule has 3 N–H and O–H groups in total. The van der Waals surface area contributed by atoms with E-state index in [2.05, 4.69) is 10.6 Å². The van der Waals surface area contributed by atoms with Crippen LogP contribution in [0.5, 0.6) is 0 Å². The van der Waals surface area contributed by atoms with Crippen LogP contribution >= 0.6 is 0 Å². The number of aliphatic hydroxyl groups is 1. The number of halogens is 1. The number of carbonyl (C=O) groups excluding carboxylic acids is 2. The number of hydrogen-bond donors (Lipinski definition) is 3. The number of nitrogens with one attached hydrogen (secondary N) is 2. The zero-order chi connectivity index (χ0) is 17.3. The third kappa shape index (κ3) is 3.19. The number of carbonyl (C=O) groups is 2. The zero-order valence-corrected chi connectivity index (χ0v) is 14.6. The number of aliphatic hydroxyl groups excluding tert-OH is 1. The Hall–Kier alpha value is -2.21. The van der Waals surface area contributed by atoms with Gasteiger partial charge in [0, 0.05) is 0 Å². The molecule has 0 fully saturated rings. The standard InChI is InChI=1S/C17H15FN2O3Se/c1-9-12(16(22)19-4-5-21)7-11(24-9)8-14-13-6-10(18)2-3-15(13)20-17(14)23/h2-3,6-8,21H,4-5H2,1H3,(H,19,22)(H,20,23). The van der Waals surface area contributed by atoms with Gasteiger partial charge in [-0.05, 0) is 0 Å². The van der Waals surface area contributed by atoms with Gasteiger partial charge in [-0.2, -0.15) is 0 Å². The number of hydrogen-bond acceptors (Lipinski definition) is 3. The molecule has 0 spiro atoms. The van der Waals surface area contributed by atoms with E-state index in [0.717, 1.165) is 8.87 Å². The minimum absolute atomic E-state index is 0.0742. The van der Waals surface area contributed by atoms with Crippen molar-refractivity contribution in [3.63, 3.8) is 0 Å². The van der Waals surface area contributed by atoms with Crippen LogP contribution in [0.25, 0.3) is 11.6 Å². The molecule has 1 aliphatic rings. The van der Waals surface area contributed by atoms with Gasteiger partial charge >= 0.3 is 144 Å². The van der Waals surface area contributed by atoms with Crippen LogP contribution in [0.1, 0.15) is 24.8 Å². The fourth-order valence-corrected chi connectivity index (χ4v) is 4.54. The van der Waals surface area contributed by atoms with E-state index in [1.54, 1.807) is 12.1 Å². The van der Waals surface area contributed by atoms with E-state index >= 15 is 0 Å². The Morgan fingerprint density at radius 3 is 2.96 bits per heavy atom. The second kappa shape index (κ2) is 6.73. The van der Waals surface area contributed by atoms with Crippen LogP contribution < -0.4 is 10.6 Å². The number of aryl methyl sites for hydroxylation is 1. The molecule has 2 aromatic rings. The van der Waals surface area contributed by atoms with Crippen LogP contribution in [0.3, 0.4) is 0 Å². The first-order valence-corrected chi connectivity index (χ1v) is 9.03. The Bertz CT molecular complexity index is 858. The van der Waals surface area contributed by atoms with Crippen LogP contribution in [0.15, 0.2) is 24.3 Å². The molecule has 1 aromatic heterocycles. The van der Waals surface area contributed by atoms with Crippen LogP contribution in [0.2, 0.25) is 0 Å². The Morgan fingerprint density at radius 1 is 1.42 bits per heavy atom. The summed E-state index contributed by atoms with van der Waals surface area (Å²) >= 11 is -0.0742. The van der Waals surface area contributed by atoms with E-state index in [4.69, 9.17) is 5.11 Å². The molecule has 2 heterocycles. The van der Waals surface area contributed by atoms with Gasteiger partial charge < -0.3 is 0 Å². The molecule has 0 bridgehead atoms. The molecule has 7 heteroatoms. The summed E-state index contributed by atoms with van der Waals surface area (Å²) in [4.78, 5) is 24.2. The van der Waals surface area contributed by atoms with Crippen molar-refractivity contribution in [3.8, 4) is 0 Å². The van der Waals surface area contributed by atoms with E-state index < -0.39 is 5.82 Å². The molecule has 5 nitrogen and oxygen atoms in total. The predicted octanol–water partition coefficient (Wildman–Crippen LogP) is 1.41. The van der Waals surface area contributed by atoms with Gasteiger partial charge in [-0.25, -0.2) is 0 Å².